The topological polar surface area (TPSA) is 87.2 Å². The van der Waals surface area contributed by atoms with E-state index in [0.717, 1.165) is 13.1 Å². The standard InChI is InChI=1S/C11H13N5O2/c17-9-5-8(6-12-7-9)10-13-11(15-14-10)16-1-3-18-4-2-16/h5-7,17H,1-4H2,(H,13,14,15). The van der Waals surface area contributed by atoms with E-state index in [1.54, 1.807) is 12.3 Å². The fourth-order valence-corrected chi connectivity index (χ4v) is 1.84. The van der Waals surface area contributed by atoms with Crippen LogP contribution in [0.5, 0.6) is 5.75 Å². The van der Waals surface area contributed by atoms with Crippen LogP contribution in [0.4, 0.5) is 5.95 Å². The summed E-state index contributed by atoms with van der Waals surface area (Å²) >= 11 is 0. The SMILES string of the molecule is Oc1cncc(-c2nc(N3CCOCC3)n[nH]2)c1. The molecule has 0 bridgehead atoms. The Labute approximate surface area is 103 Å². The van der Waals surface area contributed by atoms with Crippen molar-refractivity contribution < 1.29 is 9.84 Å². The van der Waals surface area contributed by atoms with E-state index < -0.39 is 0 Å². The fraction of sp³-hybridized carbons (Fsp3) is 0.364. The van der Waals surface area contributed by atoms with E-state index in [-0.39, 0.29) is 5.75 Å². The maximum absolute atomic E-state index is 9.38. The molecule has 0 aromatic carbocycles. The lowest BCUT2D eigenvalue weighted by Crippen LogP contribution is -2.36. The molecule has 0 amide bonds. The van der Waals surface area contributed by atoms with Crippen LogP contribution in [0.2, 0.25) is 0 Å². The molecule has 0 unspecified atom stereocenters. The highest BCUT2D eigenvalue weighted by molar-refractivity contribution is 5.56. The molecule has 0 atom stereocenters. The zero-order chi connectivity index (χ0) is 12.4. The number of hydrogen-bond acceptors (Lipinski definition) is 6. The molecule has 18 heavy (non-hydrogen) atoms. The van der Waals surface area contributed by atoms with Gasteiger partial charge in [-0.25, -0.2) is 0 Å². The number of morpholine rings is 1. The summed E-state index contributed by atoms with van der Waals surface area (Å²) in [6.45, 7) is 2.96. The molecule has 0 saturated carbocycles. The first-order valence-corrected chi connectivity index (χ1v) is 5.72. The molecule has 2 aromatic heterocycles. The van der Waals surface area contributed by atoms with Gasteiger partial charge in [-0.1, -0.05) is 0 Å². The van der Waals surface area contributed by atoms with Crippen molar-refractivity contribution in [1.29, 1.82) is 0 Å². The highest BCUT2D eigenvalue weighted by Crippen LogP contribution is 2.20. The van der Waals surface area contributed by atoms with Crippen molar-refractivity contribution in [2.24, 2.45) is 0 Å². The van der Waals surface area contributed by atoms with Gasteiger partial charge in [0.2, 0.25) is 5.95 Å². The van der Waals surface area contributed by atoms with Crippen molar-refractivity contribution in [3.05, 3.63) is 18.5 Å². The molecule has 1 saturated heterocycles. The summed E-state index contributed by atoms with van der Waals surface area (Å²) in [7, 11) is 0. The van der Waals surface area contributed by atoms with Gasteiger partial charge in [0.1, 0.15) is 5.75 Å². The second kappa shape index (κ2) is 4.61. The third kappa shape index (κ3) is 2.12. The van der Waals surface area contributed by atoms with Crippen LogP contribution in [-0.4, -0.2) is 51.6 Å². The molecule has 0 aliphatic carbocycles. The van der Waals surface area contributed by atoms with Crippen LogP contribution in [0, 0.1) is 0 Å². The molecule has 3 heterocycles. The molecule has 7 nitrogen and oxygen atoms in total. The second-order valence-electron chi connectivity index (χ2n) is 4.02. The van der Waals surface area contributed by atoms with Gasteiger partial charge in [0, 0.05) is 24.8 Å². The van der Waals surface area contributed by atoms with E-state index in [1.807, 2.05) is 0 Å². The predicted molar refractivity (Wildman–Crippen MR) is 64.3 cm³/mol. The van der Waals surface area contributed by atoms with E-state index >= 15 is 0 Å². The number of aromatic hydroxyl groups is 1. The second-order valence-corrected chi connectivity index (χ2v) is 4.02. The zero-order valence-corrected chi connectivity index (χ0v) is 9.70. The molecular weight excluding hydrogens is 234 g/mol. The summed E-state index contributed by atoms with van der Waals surface area (Å²) in [5.74, 6) is 1.35. The van der Waals surface area contributed by atoms with Crippen LogP contribution < -0.4 is 4.90 Å². The van der Waals surface area contributed by atoms with Crippen LogP contribution in [-0.2, 0) is 4.74 Å². The Balaban J connectivity index is 1.84. The largest absolute Gasteiger partial charge is 0.506 e. The number of pyridine rings is 1. The summed E-state index contributed by atoms with van der Waals surface area (Å²) in [6, 6.07) is 1.59. The Morgan fingerprint density at radius 2 is 2.11 bits per heavy atom. The molecule has 0 spiro atoms. The molecule has 0 radical (unpaired) electrons. The van der Waals surface area contributed by atoms with Crippen LogP contribution in [0.1, 0.15) is 0 Å². The predicted octanol–water partition coefficient (Wildman–Crippen LogP) is 0.409. The van der Waals surface area contributed by atoms with Crippen molar-refractivity contribution >= 4 is 5.95 Å². The molecule has 1 aliphatic heterocycles. The van der Waals surface area contributed by atoms with Crippen LogP contribution in [0.15, 0.2) is 18.5 Å². The molecule has 3 rings (SSSR count). The van der Waals surface area contributed by atoms with Gasteiger partial charge in [-0.3, -0.25) is 10.1 Å². The number of H-pyrrole nitrogens is 1. The van der Waals surface area contributed by atoms with Crippen LogP contribution in [0.25, 0.3) is 11.4 Å². The first kappa shape index (κ1) is 11.0. The number of aromatic amines is 1. The molecule has 2 N–H and O–H groups in total. The van der Waals surface area contributed by atoms with Gasteiger partial charge < -0.3 is 14.7 Å². The van der Waals surface area contributed by atoms with Gasteiger partial charge in [0.15, 0.2) is 5.82 Å². The van der Waals surface area contributed by atoms with E-state index in [1.165, 1.54) is 6.20 Å². The summed E-state index contributed by atoms with van der Waals surface area (Å²) in [5, 5.41) is 16.4. The molecule has 1 fully saturated rings. The number of rotatable bonds is 2. The number of nitrogens with one attached hydrogen (secondary N) is 1. The summed E-state index contributed by atoms with van der Waals surface area (Å²) in [4.78, 5) is 10.4. The normalized spacial score (nSPS) is 15.9. The molecule has 7 heteroatoms. The monoisotopic (exact) mass is 247 g/mol. The van der Waals surface area contributed by atoms with Crippen LogP contribution >= 0.6 is 0 Å². The molecule has 1 aliphatic rings. The third-order valence-corrected chi connectivity index (χ3v) is 2.76. The Morgan fingerprint density at radius 3 is 2.89 bits per heavy atom. The van der Waals surface area contributed by atoms with E-state index in [0.29, 0.717) is 30.5 Å². The van der Waals surface area contributed by atoms with Gasteiger partial charge >= 0.3 is 0 Å². The fourth-order valence-electron chi connectivity index (χ4n) is 1.84. The molecule has 94 valence electrons. The smallest absolute Gasteiger partial charge is 0.245 e. The number of anilines is 1. The minimum Gasteiger partial charge on any atom is -0.506 e. The first-order valence-electron chi connectivity index (χ1n) is 5.72. The van der Waals surface area contributed by atoms with Gasteiger partial charge in [-0.05, 0) is 6.07 Å². The van der Waals surface area contributed by atoms with Crippen molar-refractivity contribution in [1.82, 2.24) is 20.2 Å². The van der Waals surface area contributed by atoms with Crippen molar-refractivity contribution in [2.75, 3.05) is 31.2 Å². The Hall–Kier alpha value is -2.15. The summed E-state index contributed by atoms with van der Waals surface area (Å²) < 4.78 is 5.28. The average Bonchev–Trinajstić information content (AvgIpc) is 2.89. The van der Waals surface area contributed by atoms with Gasteiger partial charge in [-0.15, -0.1) is 5.10 Å². The Bertz CT molecular complexity index is 536. The van der Waals surface area contributed by atoms with Crippen molar-refractivity contribution in [2.45, 2.75) is 0 Å². The highest BCUT2D eigenvalue weighted by Gasteiger charge is 2.16. The Kier molecular flexibility index (Phi) is 2.81. The first-order chi connectivity index (χ1) is 8.83. The van der Waals surface area contributed by atoms with Gasteiger partial charge in [-0.2, -0.15) is 4.98 Å². The summed E-state index contributed by atoms with van der Waals surface area (Å²) in [6.07, 6.45) is 3.01. The lowest BCUT2D eigenvalue weighted by atomic mass is 10.3. The maximum Gasteiger partial charge on any atom is 0.245 e. The average molecular weight is 247 g/mol. The van der Waals surface area contributed by atoms with E-state index in [4.69, 9.17) is 4.74 Å². The number of aromatic nitrogens is 4. The molecular formula is C11H13N5O2. The van der Waals surface area contributed by atoms with E-state index in [2.05, 4.69) is 25.1 Å². The zero-order valence-electron chi connectivity index (χ0n) is 9.70. The number of nitrogens with zero attached hydrogens (tertiary/aromatic N) is 4. The quantitative estimate of drug-likeness (QED) is 0.799. The Morgan fingerprint density at radius 1 is 1.28 bits per heavy atom. The molecule has 2 aromatic rings. The van der Waals surface area contributed by atoms with Crippen molar-refractivity contribution in [3.63, 3.8) is 0 Å². The lowest BCUT2D eigenvalue weighted by Gasteiger charge is -2.25. The van der Waals surface area contributed by atoms with Crippen molar-refractivity contribution in [3.8, 4) is 17.1 Å². The van der Waals surface area contributed by atoms with Gasteiger partial charge in [0.25, 0.3) is 0 Å². The lowest BCUT2D eigenvalue weighted by molar-refractivity contribution is 0.122. The van der Waals surface area contributed by atoms with E-state index in [9.17, 15) is 5.11 Å². The minimum absolute atomic E-state index is 0.108. The number of hydrogen-bond donors (Lipinski definition) is 2. The van der Waals surface area contributed by atoms with Gasteiger partial charge in [0.05, 0.1) is 19.4 Å². The minimum atomic E-state index is 0.108. The third-order valence-electron chi connectivity index (χ3n) is 2.76. The maximum atomic E-state index is 9.38. The summed E-state index contributed by atoms with van der Waals surface area (Å²) in [5.41, 5.74) is 0.710. The highest BCUT2D eigenvalue weighted by atomic mass is 16.5. The van der Waals surface area contributed by atoms with Crippen LogP contribution in [0.3, 0.4) is 0 Å². The number of ether oxygens (including phenoxy) is 1.